The standard InChI is InChI=1S/C10H13NO4/c1-7(12)15-6-10(2,3)11-8(13)4-5-9(11)14/h4-5H,6H2,1-3H3. The molecule has 0 aromatic heterocycles. The van der Waals surface area contributed by atoms with Crippen LogP contribution >= 0.6 is 0 Å². The second-order valence-corrected chi connectivity index (χ2v) is 3.94. The smallest absolute Gasteiger partial charge is 0.302 e. The molecule has 0 bridgehead atoms. The minimum Gasteiger partial charge on any atom is -0.463 e. The summed E-state index contributed by atoms with van der Waals surface area (Å²) in [5.74, 6) is -1.19. The van der Waals surface area contributed by atoms with Gasteiger partial charge in [-0.25, -0.2) is 0 Å². The number of esters is 1. The molecule has 1 rings (SSSR count). The van der Waals surface area contributed by atoms with Gasteiger partial charge < -0.3 is 4.74 Å². The Morgan fingerprint density at radius 2 is 1.80 bits per heavy atom. The maximum Gasteiger partial charge on any atom is 0.302 e. The maximum atomic E-state index is 11.4. The number of rotatable bonds is 3. The summed E-state index contributed by atoms with van der Waals surface area (Å²) in [7, 11) is 0. The number of hydrogen-bond donors (Lipinski definition) is 0. The quantitative estimate of drug-likeness (QED) is 0.496. The first-order valence-electron chi connectivity index (χ1n) is 4.54. The summed E-state index contributed by atoms with van der Waals surface area (Å²) in [5, 5.41) is 0. The van der Waals surface area contributed by atoms with E-state index in [1.807, 2.05) is 0 Å². The molecule has 0 aromatic rings. The van der Waals surface area contributed by atoms with Crippen molar-refractivity contribution in [2.45, 2.75) is 26.3 Å². The summed E-state index contributed by atoms with van der Waals surface area (Å²) in [5.41, 5.74) is -0.816. The van der Waals surface area contributed by atoms with Gasteiger partial charge in [-0.1, -0.05) is 0 Å². The van der Waals surface area contributed by atoms with Crippen molar-refractivity contribution in [1.29, 1.82) is 0 Å². The van der Waals surface area contributed by atoms with E-state index in [0.29, 0.717) is 0 Å². The largest absolute Gasteiger partial charge is 0.463 e. The van der Waals surface area contributed by atoms with E-state index in [2.05, 4.69) is 0 Å². The lowest BCUT2D eigenvalue weighted by molar-refractivity contribution is -0.153. The Balaban J connectivity index is 2.73. The fourth-order valence-electron chi connectivity index (χ4n) is 1.34. The Labute approximate surface area is 87.7 Å². The molecule has 0 spiro atoms. The number of hydrogen-bond acceptors (Lipinski definition) is 4. The van der Waals surface area contributed by atoms with Crippen LogP contribution in [0.25, 0.3) is 0 Å². The van der Waals surface area contributed by atoms with Crippen molar-refractivity contribution in [3.63, 3.8) is 0 Å². The second kappa shape index (κ2) is 3.84. The van der Waals surface area contributed by atoms with Gasteiger partial charge in [-0.05, 0) is 13.8 Å². The van der Waals surface area contributed by atoms with Crippen molar-refractivity contribution >= 4 is 17.8 Å². The average molecular weight is 211 g/mol. The molecule has 5 heteroatoms. The van der Waals surface area contributed by atoms with Crippen LogP contribution in [0.5, 0.6) is 0 Å². The fraction of sp³-hybridized carbons (Fsp3) is 0.500. The Hall–Kier alpha value is -1.65. The highest BCUT2D eigenvalue weighted by Gasteiger charge is 2.37. The van der Waals surface area contributed by atoms with Crippen molar-refractivity contribution in [3.05, 3.63) is 12.2 Å². The summed E-state index contributed by atoms with van der Waals surface area (Å²) >= 11 is 0. The Morgan fingerprint density at radius 1 is 1.33 bits per heavy atom. The highest BCUT2D eigenvalue weighted by Crippen LogP contribution is 2.19. The number of imide groups is 1. The fourth-order valence-corrected chi connectivity index (χ4v) is 1.34. The molecule has 0 aromatic carbocycles. The Morgan fingerprint density at radius 3 is 2.20 bits per heavy atom. The van der Waals surface area contributed by atoms with Crippen LogP contribution in [0.3, 0.4) is 0 Å². The highest BCUT2D eigenvalue weighted by atomic mass is 16.5. The van der Waals surface area contributed by atoms with Crippen LogP contribution in [0.15, 0.2) is 12.2 Å². The molecule has 0 atom stereocenters. The molecular formula is C10H13NO4. The highest BCUT2D eigenvalue weighted by molar-refractivity contribution is 6.13. The molecule has 0 aliphatic carbocycles. The molecule has 2 amide bonds. The van der Waals surface area contributed by atoms with Gasteiger partial charge in [0.05, 0.1) is 5.54 Å². The summed E-state index contributed by atoms with van der Waals surface area (Å²) in [6.45, 7) is 4.61. The molecule has 1 aliphatic rings. The first-order chi connectivity index (χ1) is 6.84. The molecule has 82 valence electrons. The first kappa shape index (κ1) is 11.4. The van der Waals surface area contributed by atoms with E-state index in [4.69, 9.17) is 4.74 Å². The zero-order valence-electron chi connectivity index (χ0n) is 8.94. The van der Waals surface area contributed by atoms with E-state index in [0.717, 1.165) is 4.90 Å². The van der Waals surface area contributed by atoms with Gasteiger partial charge in [-0.15, -0.1) is 0 Å². The zero-order valence-corrected chi connectivity index (χ0v) is 8.94. The third-order valence-electron chi connectivity index (χ3n) is 2.04. The van der Waals surface area contributed by atoms with Crippen LogP contribution in [0.4, 0.5) is 0 Å². The molecule has 15 heavy (non-hydrogen) atoms. The van der Waals surface area contributed by atoms with E-state index in [9.17, 15) is 14.4 Å². The normalized spacial score (nSPS) is 16.1. The first-order valence-corrected chi connectivity index (χ1v) is 4.54. The summed E-state index contributed by atoms with van der Waals surface area (Å²) < 4.78 is 4.80. The lowest BCUT2D eigenvalue weighted by Crippen LogP contribution is -2.50. The van der Waals surface area contributed by atoms with Crippen LogP contribution in [0.2, 0.25) is 0 Å². The van der Waals surface area contributed by atoms with Gasteiger partial charge in [0.2, 0.25) is 0 Å². The van der Waals surface area contributed by atoms with Gasteiger partial charge >= 0.3 is 5.97 Å². The molecule has 0 saturated heterocycles. The predicted octanol–water partition coefficient (Wildman–Crippen LogP) is 0.253. The SMILES string of the molecule is CC(=O)OCC(C)(C)N1C(=O)C=CC1=O. The van der Waals surface area contributed by atoms with Gasteiger partial charge in [0, 0.05) is 19.1 Å². The Bertz CT molecular complexity index is 325. The third-order valence-corrected chi connectivity index (χ3v) is 2.04. The van der Waals surface area contributed by atoms with Crippen molar-refractivity contribution in [2.24, 2.45) is 0 Å². The molecule has 1 heterocycles. The topological polar surface area (TPSA) is 63.7 Å². The molecule has 0 fully saturated rings. The van der Waals surface area contributed by atoms with Gasteiger partial charge in [0.25, 0.3) is 11.8 Å². The van der Waals surface area contributed by atoms with Crippen molar-refractivity contribution in [1.82, 2.24) is 4.90 Å². The molecular weight excluding hydrogens is 198 g/mol. The number of ether oxygens (including phenoxy) is 1. The van der Waals surface area contributed by atoms with Crippen molar-refractivity contribution in [3.8, 4) is 0 Å². The van der Waals surface area contributed by atoms with E-state index in [-0.39, 0.29) is 18.4 Å². The minimum atomic E-state index is -0.816. The summed E-state index contributed by atoms with van der Waals surface area (Å²) in [6, 6.07) is 0. The number of carbonyl (C=O) groups excluding carboxylic acids is 3. The monoisotopic (exact) mass is 211 g/mol. The molecule has 5 nitrogen and oxygen atoms in total. The minimum absolute atomic E-state index is 0.00148. The van der Waals surface area contributed by atoms with E-state index in [1.165, 1.54) is 19.1 Å². The van der Waals surface area contributed by atoms with E-state index < -0.39 is 11.5 Å². The van der Waals surface area contributed by atoms with Crippen molar-refractivity contribution in [2.75, 3.05) is 6.61 Å². The zero-order chi connectivity index (χ0) is 11.6. The van der Waals surface area contributed by atoms with E-state index >= 15 is 0 Å². The third kappa shape index (κ3) is 2.43. The van der Waals surface area contributed by atoms with Crippen LogP contribution in [0, 0.1) is 0 Å². The van der Waals surface area contributed by atoms with Crippen LogP contribution < -0.4 is 0 Å². The van der Waals surface area contributed by atoms with Crippen LogP contribution in [-0.2, 0) is 19.1 Å². The van der Waals surface area contributed by atoms with Crippen molar-refractivity contribution < 1.29 is 19.1 Å². The summed E-state index contributed by atoms with van der Waals surface area (Å²) in [4.78, 5) is 34.4. The van der Waals surface area contributed by atoms with Crippen LogP contribution in [0.1, 0.15) is 20.8 Å². The van der Waals surface area contributed by atoms with Gasteiger partial charge in [-0.2, -0.15) is 0 Å². The lowest BCUT2D eigenvalue weighted by atomic mass is 10.0. The maximum absolute atomic E-state index is 11.4. The van der Waals surface area contributed by atoms with Gasteiger partial charge in [0.15, 0.2) is 0 Å². The number of nitrogens with zero attached hydrogens (tertiary/aromatic N) is 1. The predicted molar refractivity (Wildman–Crippen MR) is 51.7 cm³/mol. The molecule has 1 aliphatic heterocycles. The Kier molecular flexibility index (Phi) is 2.93. The second-order valence-electron chi connectivity index (χ2n) is 3.94. The van der Waals surface area contributed by atoms with Gasteiger partial charge in [-0.3, -0.25) is 19.3 Å². The molecule has 0 saturated carbocycles. The molecule has 0 unspecified atom stereocenters. The summed E-state index contributed by atoms with van der Waals surface area (Å²) in [6.07, 6.45) is 2.41. The van der Waals surface area contributed by atoms with Crippen LogP contribution in [-0.4, -0.2) is 34.8 Å². The number of carbonyl (C=O) groups is 3. The lowest BCUT2D eigenvalue weighted by Gasteiger charge is -2.32. The van der Waals surface area contributed by atoms with E-state index in [1.54, 1.807) is 13.8 Å². The molecule has 0 radical (unpaired) electrons. The molecule has 0 N–H and O–H groups in total. The average Bonchev–Trinajstić information content (AvgIpc) is 2.43. The van der Waals surface area contributed by atoms with Gasteiger partial charge in [0.1, 0.15) is 6.61 Å². The number of amides is 2.